The lowest BCUT2D eigenvalue weighted by molar-refractivity contribution is -0.384. The molecule has 0 aliphatic rings. The Labute approximate surface area is 298 Å². The van der Waals surface area contributed by atoms with Gasteiger partial charge in [0.25, 0.3) is 5.69 Å². The molecule has 10 nitrogen and oxygen atoms in total. The van der Waals surface area contributed by atoms with Crippen LogP contribution in [0.15, 0.2) is 51.6 Å². The average molecular weight is 787 g/mol. The van der Waals surface area contributed by atoms with Crippen molar-refractivity contribution in [3.05, 3.63) is 74.5 Å². The van der Waals surface area contributed by atoms with Crippen molar-refractivity contribution in [2.45, 2.75) is 103 Å². The first-order valence-electron chi connectivity index (χ1n) is 15.4. The van der Waals surface area contributed by atoms with E-state index in [1.807, 2.05) is 13.8 Å². The second kappa shape index (κ2) is 15.5. The molecule has 1 N–H and O–H groups in total. The maximum atomic E-state index is 15.5. The molecule has 0 saturated carbocycles. The van der Waals surface area contributed by atoms with Gasteiger partial charge >= 0.3 is 6.61 Å². The van der Waals surface area contributed by atoms with Gasteiger partial charge in [0.05, 0.1) is 23.2 Å². The first kappa shape index (κ1) is 40.4. The van der Waals surface area contributed by atoms with Gasteiger partial charge in [-0.25, -0.2) is 14.4 Å². The molecule has 3 rings (SSSR count). The highest BCUT2D eigenvalue weighted by molar-refractivity contribution is 9.10. The third kappa shape index (κ3) is 10.2. The van der Waals surface area contributed by atoms with Gasteiger partial charge in [0.1, 0.15) is 39.0 Å². The van der Waals surface area contributed by atoms with E-state index in [0.717, 1.165) is 6.07 Å². The Morgan fingerprint density at radius 1 is 1.10 bits per heavy atom. The third-order valence-electron chi connectivity index (χ3n) is 8.04. The van der Waals surface area contributed by atoms with E-state index in [9.17, 15) is 23.4 Å². The molecule has 0 aliphatic carbocycles. The molecule has 268 valence electrons. The summed E-state index contributed by atoms with van der Waals surface area (Å²) in [5, 5.41) is 15.1. The van der Waals surface area contributed by atoms with E-state index in [-0.39, 0.29) is 39.6 Å². The molecule has 2 aromatic carbocycles. The SMILES string of the molecule is CC(C)(O[Si](C)(C)C(C)(C)C)c1ncc(-c2cc(N[C@H](C/C=N\[S+]([O-])C(C)(C)C)c3c(Br)cccc3OC(F)F)c([N+](=O)[O-])cc2F)cn1. The van der Waals surface area contributed by atoms with Crippen LogP contribution >= 0.6 is 15.9 Å². The molecule has 0 aliphatic heterocycles. The zero-order chi connectivity index (χ0) is 37.1. The Morgan fingerprint density at radius 2 is 1.71 bits per heavy atom. The summed E-state index contributed by atoms with van der Waals surface area (Å²) in [7, 11) is -2.21. The van der Waals surface area contributed by atoms with Crippen LogP contribution in [0.1, 0.15) is 79.2 Å². The number of nitrogens with one attached hydrogen (secondary N) is 1. The Morgan fingerprint density at radius 3 is 2.24 bits per heavy atom. The molecule has 3 aromatic rings. The van der Waals surface area contributed by atoms with Crippen LogP contribution < -0.4 is 10.1 Å². The Kier molecular flexibility index (Phi) is 12.7. The highest BCUT2D eigenvalue weighted by Gasteiger charge is 2.43. The Bertz CT molecular complexity index is 1670. The van der Waals surface area contributed by atoms with E-state index >= 15 is 4.39 Å². The van der Waals surface area contributed by atoms with Crippen LogP contribution in [0.25, 0.3) is 11.1 Å². The van der Waals surface area contributed by atoms with E-state index in [1.54, 1.807) is 26.8 Å². The highest BCUT2D eigenvalue weighted by atomic mass is 79.9. The predicted molar refractivity (Wildman–Crippen MR) is 194 cm³/mol. The molecular formula is C33H43BrF3N5O5SSi. The Hall–Kier alpha value is -3.05. The minimum Gasteiger partial charge on any atom is -0.591 e. The number of rotatable bonds is 13. The van der Waals surface area contributed by atoms with E-state index in [1.165, 1.54) is 36.8 Å². The van der Waals surface area contributed by atoms with Gasteiger partial charge in [0.15, 0.2) is 14.1 Å². The molecule has 0 radical (unpaired) electrons. The predicted octanol–water partition coefficient (Wildman–Crippen LogP) is 9.89. The van der Waals surface area contributed by atoms with Crippen LogP contribution in [0.4, 0.5) is 24.5 Å². The number of nitro groups is 1. The van der Waals surface area contributed by atoms with Gasteiger partial charge in [-0.05, 0) is 71.0 Å². The van der Waals surface area contributed by atoms with E-state index < -0.39 is 59.1 Å². The van der Waals surface area contributed by atoms with Crippen LogP contribution in [-0.4, -0.2) is 45.3 Å². The van der Waals surface area contributed by atoms with Gasteiger partial charge in [0, 0.05) is 40.0 Å². The first-order valence-corrected chi connectivity index (χ1v) is 20.2. The molecule has 0 bridgehead atoms. The van der Waals surface area contributed by atoms with Crippen molar-refractivity contribution in [2.24, 2.45) is 4.40 Å². The molecule has 1 unspecified atom stereocenters. The Balaban J connectivity index is 2.11. The van der Waals surface area contributed by atoms with Gasteiger partial charge in [0.2, 0.25) is 0 Å². The van der Waals surface area contributed by atoms with Crippen molar-refractivity contribution in [3.8, 4) is 16.9 Å². The summed E-state index contributed by atoms with van der Waals surface area (Å²) in [6, 6.07) is 5.43. The fourth-order valence-corrected chi connectivity index (χ4v) is 7.37. The van der Waals surface area contributed by atoms with Gasteiger partial charge < -0.3 is 19.0 Å². The van der Waals surface area contributed by atoms with Gasteiger partial charge in [-0.3, -0.25) is 10.1 Å². The number of ether oxygens (including phenoxy) is 1. The number of nitro benzene ring substituents is 1. The monoisotopic (exact) mass is 785 g/mol. The summed E-state index contributed by atoms with van der Waals surface area (Å²) in [4.78, 5) is 20.3. The summed E-state index contributed by atoms with van der Waals surface area (Å²) in [6.07, 6.45) is 4.12. The number of aromatic nitrogens is 2. The molecule has 2 atom stereocenters. The second-order valence-corrected chi connectivity index (χ2v) is 21.9. The van der Waals surface area contributed by atoms with Crippen molar-refractivity contribution in [3.63, 3.8) is 0 Å². The molecule has 1 aromatic heterocycles. The van der Waals surface area contributed by atoms with Crippen LogP contribution in [0.3, 0.4) is 0 Å². The lowest BCUT2D eigenvalue weighted by Gasteiger charge is -2.42. The fraction of sp³-hybridized carbons (Fsp3) is 0.485. The lowest BCUT2D eigenvalue weighted by Crippen LogP contribution is -2.46. The van der Waals surface area contributed by atoms with Crippen molar-refractivity contribution < 1.29 is 31.8 Å². The maximum Gasteiger partial charge on any atom is 0.387 e. The lowest BCUT2D eigenvalue weighted by atomic mass is 10.0. The zero-order valence-electron chi connectivity index (χ0n) is 29.2. The smallest absolute Gasteiger partial charge is 0.387 e. The molecular weight excluding hydrogens is 743 g/mol. The second-order valence-electron chi connectivity index (χ2n) is 14.4. The quantitative estimate of drug-likeness (QED) is 0.0595. The summed E-state index contributed by atoms with van der Waals surface area (Å²) >= 11 is 1.74. The summed E-state index contributed by atoms with van der Waals surface area (Å²) < 4.78 is 70.1. The number of nitrogens with zero attached hydrogens (tertiary/aromatic N) is 4. The standard InChI is InChI=1S/C33H43BrF3N5O5SSi/c1-31(2,3)48(45)40-15-14-24(28-22(34)12-11-13-27(28)46-30(36)37)41-25-16-21(23(35)17-26(25)42(43)44)20-18-38-29(39-19-20)33(7,8)47-49(9,10)32(4,5)6/h11-13,15-19,24,30,41H,14H2,1-10H3/b40-15-/t24-,48?/m1/s1. The summed E-state index contributed by atoms with van der Waals surface area (Å²) in [5.41, 5.74) is -1.20. The van der Waals surface area contributed by atoms with E-state index in [0.29, 0.717) is 10.3 Å². The average Bonchev–Trinajstić information content (AvgIpc) is 2.95. The molecule has 0 fully saturated rings. The molecule has 16 heteroatoms. The largest absolute Gasteiger partial charge is 0.591 e. The van der Waals surface area contributed by atoms with Gasteiger partial charge in [-0.2, -0.15) is 8.78 Å². The van der Waals surface area contributed by atoms with Crippen LogP contribution in [0.2, 0.25) is 18.1 Å². The van der Waals surface area contributed by atoms with Crippen molar-refractivity contribution in [1.82, 2.24) is 9.97 Å². The molecule has 0 spiro atoms. The first-order chi connectivity index (χ1) is 22.4. The van der Waals surface area contributed by atoms with Crippen LogP contribution in [0, 0.1) is 15.9 Å². The number of hydrogen-bond acceptors (Lipinski definition) is 9. The zero-order valence-corrected chi connectivity index (χ0v) is 32.6. The number of hydrogen-bond donors (Lipinski definition) is 1. The minimum atomic E-state index is -3.16. The minimum absolute atomic E-state index is 0.0415. The normalized spacial score (nSPS) is 14.3. The van der Waals surface area contributed by atoms with Crippen LogP contribution in [0.5, 0.6) is 5.75 Å². The van der Waals surface area contributed by atoms with Crippen molar-refractivity contribution >= 4 is 53.2 Å². The number of anilines is 1. The van der Waals surface area contributed by atoms with E-state index in [4.69, 9.17) is 9.16 Å². The molecule has 0 amide bonds. The summed E-state index contributed by atoms with van der Waals surface area (Å²) in [6.45, 7) is 16.4. The number of benzene rings is 2. The summed E-state index contributed by atoms with van der Waals surface area (Å²) in [5.74, 6) is -0.718. The number of alkyl halides is 2. The van der Waals surface area contributed by atoms with E-state index in [2.05, 4.69) is 69.5 Å². The topological polar surface area (TPSA) is 135 Å². The third-order valence-corrected chi connectivity index (χ3v) is 14.8. The highest BCUT2D eigenvalue weighted by Crippen LogP contribution is 2.42. The number of halogens is 4. The molecule has 1 heterocycles. The maximum absolute atomic E-state index is 15.5. The van der Waals surface area contributed by atoms with Gasteiger partial charge in [-0.1, -0.05) is 47.2 Å². The van der Waals surface area contributed by atoms with Crippen molar-refractivity contribution in [2.75, 3.05) is 5.32 Å². The van der Waals surface area contributed by atoms with Crippen LogP contribution in [-0.2, 0) is 21.4 Å². The fourth-order valence-electron chi connectivity index (χ4n) is 4.53. The molecule has 49 heavy (non-hydrogen) atoms. The van der Waals surface area contributed by atoms with Crippen molar-refractivity contribution in [1.29, 1.82) is 0 Å². The molecule has 0 saturated heterocycles. The van der Waals surface area contributed by atoms with Gasteiger partial charge in [-0.15, -0.1) is 0 Å².